The van der Waals surface area contributed by atoms with Crippen LogP contribution in [-0.4, -0.2) is 18.1 Å². The number of aliphatic imine (C=N–C) groups is 2. The van der Waals surface area contributed by atoms with E-state index >= 15 is 0 Å². The molecule has 3 rings (SSSR count). The maximum atomic E-state index is 11.5. The highest BCUT2D eigenvalue weighted by Crippen LogP contribution is 2.34. The molecule has 0 saturated carbocycles. The SMILES string of the molecule is O=C1N=CN=C2Nc3ccccc3C12. The second-order valence-electron chi connectivity index (χ2n) is 3.24. The molecule has 1 aromatic carbocycles. The van der Waals surface area contributed by atoms with Crippen molar-refractivity contribution >= 4 is 23.8 Å². The lowest BCUT2D eigenvalue weighted by molar-refractivity contribution is -0.117. The van der Waals surface area contributed by atoms with Gasteiger partial charge < -0.3 is 5.32 Å². The summed E-state index contributed by atoms with van der Waals surface area (Å²) in [6.07, 6.45) is 1.30. The van der Waals surface area contributed by atoms with Gasteiger partial charge in [0, 0.05) is 5.69 Å². The first kappa shape index (κ1) is 7.44. The van der Waals surface area contributed by atoms with E-state index in [2.05, 4.69) is 15.3 Å². The predicted octanol–water partition coefficient (Wildman–Crippen LogP) is 1.16. The fraction of sp³-hybridized carbons (Fsp3) is 0.100. The van der Waals surface area contributed by atoms with E-state index in [4.69, 9.17) is 0 Å². The van der Waals surface area contributed by atoms with Crippen molar-refractivity contribution in [2.24, 2.45) is 9.98 Å². The van der Waals surface area contributed by atoms with E-state index in [0.29, 0.717) is 5.84 Å². The summed E-state index contributed by atoms with van der Waals surface area (Å²) in [6.45, 7) is 0. The molecule has 2 aliphatic heterocycles. The minimum atomic E-state index is -0.309. The monoisotopic (exact) mass is 185 g/mol. The van der Waals surface area contributed by atoms with Crippen molar-refractivity contribution in [1.29, 1.82) is 0 Å². The standard InChI is InChI=1S/C10H7N3O/c14-10-8-6-3-1-2-4-7(6)13-9(8)11-5-12-10/h1-5,8H,(H,11,12,13,14). The van der Waals surface area contributed by atoms with Crippen molar-refractivity contribution in [1.82, 2.24) is 0 Å². The summed E-state index contributed by atoms with van der Waals surface area (Å²) in [4.78, 5) is 19.2. The van der Waals surface area contributed by atoms with Gasteiger partial charge in [0.25, 0.3) is 5.91 Å². The molecule has 1 atom stereocenters. The highest BCUT2D eigenvalue weighted by atomic mass is 16.1. The van der Waals surface area contributed by atoms with Crippen LogP contribution in [0.4, 0.5) is 5.69 Å². The Morgan fingerprint density at radius 1 is 1.29 bits per heavy atom. The fourth-order valence-corrected chi connectivity index (χ4v) is 1.80. The van der Waals surface area contributed by atoms with Crippen molar-refractivity contribution in [3.8, 4) is 0 Å². The fourth-order valence-electron chi connectivity index (χ4n) is 1.80. The Kier molecular flexibility index (Phi) is 1.33. The maximum Gasteiger partial charge on any atom is 0.262 e. The summed E-state index contributed by atoms with van der Waals surface area (Å²) >= 11 is 0. The van der Waals surface area contributed by atoms with Crippen LogP contribution in [0.5, 0.6) is 0 Å². The van der Waals surface area contributed by atoms with Gasteiger partial charge in [-0.3, -0.25) is 4.79 Å². The van der Waals surface area contributed by atoms with Crippen LogP contribution in [0.2, 0.25) is 0 Å². The lowest BCUT2D eigenvalue weighted by atomic mass is 9.99. The Morgan fingerprint density at radius 2 is 2.14 bits per heavy atom. The number of para-hydroxylation sites is 1. The maximum absolute atomic E-state index is 11.5. The molecule has 2 aliphatic rings. The molecule has 0 aliphatic carbocycles. The van der Waals surface area contributed by atoms with Crippen LogP contribution in [0.3, 0.4) is 0 Å². The first-order valence-electron chi connectivity index (χ1n) is 4.36. The van der Waals surface area contributed by atoms with E-state index in [1.807, 2.05) is 24.3 Å². The zero-order valence-electron chi connectivity index (χ0n) is 7.27. The molecule has 0 fully saturated rings. The molecule has 0 saturated heterocycles. The van der Waals surface area contributed by atoms with Gasteiger partial charge in [0.1, 0.15) is 18.1 Å². The van der Waals surface area contributed by atoms with E-state index in [-0.39, 0.29) is 11.8 Å². The average Bonchev–Trinajstić information content (AvgIpc) is 2.57. The Hall–Kier alpha value is -1.97. The molecule has 4 heteroatoms. The van der Waals surface area contributed by atoms with Gasteiger partial charge in [0.05, 0.1) is 0 Å². The number of amidine groups is 1. The minimum Gasteiger partial charge on any atom is -0.342 e. The van der Waals surface area contributed by atoms with E-state index < -0.39 is 0 Å². The normalized spacial score (nSPS) is 22.4. The van der Waals surface area contributed by atoms with Crippen LogP contribution in [0, 0.1) is 0 Å². The average molecular weight is 185 g/mol. The van der Waals surface area contributed by atoms with Crippen LogP contribution in [0.15, 0.2) is 34.3 Å². The van der Waals surface area contributed by atoms with E-state index in [9.17, 15) is 4.79 Å². The molecule has 0 bridgehead atoms. The lowest BCUT2D eigenvalue weighted by Crippen LogP contribution is -2.23. The lowest BCUT2D eigenvalue weighted by Gasteiger charge is -2.08. The van der Waals surface area contributed by atoms with Crippen LogP contribution < -0.4 is 5.32 Å². The molecule has 0 aromatic heterocycles. The smallest absolute Gasteiger partial charge is 0.262 e. The van der Waals surface area contributed by atoms with Crippen molar-refractivity contribution < 1.29 is 4.79 Å². The second kappa shape index (κ2) is 2.51. The summed E-state index contributed by atoms with van der Waals surface area (Å²) in [5, 5.41) is 3.10. The van der Waals surface area contributed by atoms with Crippen molar-refractivity contribution in [3.05, 3.63) is 29.8 Å². The molecule has 14 heavy (non-hydrogen) atoms. The number of benzene rings is 1. The number of nitrogens with one attached hydrogen (secondary N) is 1. The highest BCUT2D eigenvalue weighted by Gasteiger charge is 2.35. The summed E-state index contributed by atoms with van der Waals surface area (Å²) < 4.78 is 0. The number of fused-ring (bicyclic) bond motifs is 3. The van der Waals surface area contributed by atoms with Crippen LogP contribution in [-0.2, 0) is 4.79 Å². The molecule has 1 aromatic rings. The van der Waals surface area contributed by atoms with Crippen molar-refractivity contribution in [2.75, 3.05) is 5.32 Å². The van der Waals surface area contributed by atoms with Gasteiger partial charge in [-0.25, -0.2) is 9.98 Å². The number of carbonyl (C=O) groups is 1. The molecule has 1 amide bonds. The van der Waals surface area contributed by atoms with Gasteiger partial charge in [-0.15, -0.1) is 0 Å². The molecular weight excluding hydrogens is 178 g/mol. The number of amides is 1. The van der Waals surface area contributed by atoms with Crippen LogP contribution in [0.25, 0.3) is 0 Å². The predicted molar refractivity (Wildman–Crippen MR) is 53.7 cm³/mol. The second-order valence-corrected chi connectivity index (χ2v) is 3.24. The quantitative estimate of drug-likeness (QED) is 0.659. The summed E-state index contributed by atoms with van der Waals surface area (Å²) in [6, 6.07) is 7.70. The molecule has 0 spiro atoms. The van der Waals surface area contributed by atoms with E-state index in [1.165, 1.54) is 6.34 Å². The zero-order chi connectivity index (χ0) is 9.54. The molecule has 1 N–H and O–H groups in total. The Balaban J connectivity index is 2.19. The summed E-state index contributed by atoms with van der Waals surface area (Å²) in [7, 11) is 0. The van der Waals surface area contributed by atoms with Gasteiger partial charge in [-0.05, 0) is 11.6 Å². The van der Waals surface area contributed by atoms with Crippen LogP contribution in [0.1, 0.15) is 11.5 Å². The molecule has 4 nitrogen and oxygen atoms in total. The minimum absolute atomic E-state index is 0.146. The van der Waals surface area contributed by atoms with Gasteiger partial charge in [0.2, 0.25) is 0 Å². The number of hydrogen-bond donors (Lipinski definition) is 1. The third-order valence-electron chi connectivity index (χ3n) is 2.44. The number of hydrogen-bond acceptors (Lipinski definition) is 3. The van der Waals surface area contributed by atoms with Crippen LogP contribution >= 0.6 is 0 Å². The highest BCUT2D eigenvalue weighted by molar-refractivity contribution is 6.23. The molecule has 68 valence electrons. The Morgan fingerprint density at radius 3 is 3.07 bits per heavy atom. The third kappa shape index (κ3) is 0.849. The first-order chi connectivity index (χ1) is 6.86. The van der Waals surface area contributed by atoms with Gasteiger partial charge in [-0.2, -0.15) is 0 Å². The van der Waals surface area contributed by atoms with Crippen molar-refractivity contribution in [3.63, 3.8) is 0 Å². The molecule has 2 heterocycles. The topological polar surface area (TPSA) is 53.8 Å². The number of carbonyl (C=O) groups excluding carboxylic acids is 1. The number of nitrogens with zero attached hydrogens (tertiary/aromatic N) is 2. The van der Waals surface area contributed by atoms with E-state index in [0.717, 1.165) is 11.3 Å². The summed E-state index contributed by atoms with van der Waals surface area (Å²) in [5.41, 5.74) is 1.92. The Labute approximate surface area is 80.4 Å². The molecule has 1 unspecified atom stereocenters. The molecular formula is C10H7N3O. The Bertz CT molecular complexity index is 476. The van der Waals surface area contributed by atoms with E-state index in [1.54, 1.807) is 0 Å². The van der Waals surface area contributed by atoms with Crippen molar-refractivity contribution in [2.45, 2.75) is 5.92 Å². The number of anilines is 1. The van der Waals surface area contributed by atoms with Gasteiger partial charge >= 0.3 is 0 Å². The first-order valence-corrected chi connectivity index (χ1v) is 4.36. The third-order valence-corrected chi connectivity index (χ3v) is 2.44. The zero-order valence-corrected chi connectivity index (χ0v) is 7.27. The van der Waals surface area contributed by atoms with Gasteiger partial charge in [0.15, 0.2) is 0 Å². The molecule has 0 radical (unpaired) electrons. The number of rotatable bonds is 0. The summed E-state index contributed by atoms with van der Waals surface area (Å²) in [5.74, 6) is 0.231. The van der Waals surface area contributed by atoms with Gasteiger partial charge in [-0.1, -0.05) is 18.2 Å². The largest absolute Gasteiger partial charge is 0.342 e.